The second-order valence-corrected chi connectivity index (χ2v) is 8.41. The minimum atomic E-state index is 0.587. The molecule has 0 bridgehead atoms. The Labute approximate surface area is 164 Å². The lowest BCUT2D eigenvalue weighted by atomic mass is 10.0. The topological polar surface area (TPSA) is 15.3 Å². The smallest absolute Gasteiger partial charge is 0.0635 e. The summed E-state index contributed by atoms with van der Waals surface area (Å²) < 4.78 is 1.34. The van der Waals surface area contributed by atoms with Gasteiger partial charge in [0.1, 0.15) is 0 Å². The highest BCUT2D eigenvalue weighted by molar-refractivity contribution is 7.23. The Bertz CT molecular complexity index is 1090. The number of nitrogens with one attached hydrogen (secondary N) is 1. The lowest BCUT2D eigenvalue weighted by molar-refractivity contribution is 0.444. The van der Waals surface area contributed by atoms with Crippen LogP contribution < -0.4 is 10.2 Å². The third-order valence-corrected chi connectivity index (χ3v) is 6.94. The van der Waals surface area contributed by atoms with Crippen LogP contribution in [0.1, 0.15) is 12.8 Å². The maximum Gasteiger partial charge on any atom is 0.0635 e. The number of benzene rings is 3. The van der Waals surface area contributed by atoms with E-state index in [0.29, 0.717) is 6.04 Å². The molecule has 2 heterocycles. The van der Waals surface area contributed by atoms with Gasteiger partial charge in [-0.05, 0) is 66.5 Å². The van der Waals surface area contributed by atoms with Crippen molar-refractivity contribution in [1.29, 1.82) is 0 Å². The summed E-state index contributed by atoms with van der Waals surface area (Å²) >= 11 is 1.90. The molecule has 27 heavy (non-hydrogen) atoms. The zero-order valence-corrected chi connectivity index (χ0v) is 16.4. The molecule has 2 nitrogen and oxygen atoms in total. The Balaban J connectivity index is 1.68. The Morgan fingerprint density at radius 3 is 2.70 bits per heavy atom. The molecule has 1 radical (unpaired) electrons. The van der Waals surface area contributed by atoms with Gasteiger partial charge < -0.3 is 10.2 Å². The first-order valence-electron chi connectivity index (χ1n) is 9.66. The molecular formula is C24H23N2S. The van der Waals surface area contributed by atoms with Crippen LogP contribution in [0.3, 0.4) is 0 Å². The zero-order valence-electron chi connectivity index (χ0n) is 15.5. The Morgan fingerprint density at radius 1 is 1.04 bits per heavy atom. The number of thiophene rings is 1. The summed E-state index contributed by atoms with van der Waals surface area (Å²) in [6.07, 6.45) is 2.39. The van der Waals surface area contributed by atoms with Crippen molar-refractivity contribution in [3.63, 3.8) is 0 Å². The molecule has 1 aromatic heterocycles. The summed E-state index contributed by atoms with van der Waals surface area (Å²) in [7, 11) is 2.27. The Morgan fingerprint density at radius 2 is 1.85 bits per heavy atom. The number of anilines is 1. The van der Waals surface area contributed by atoms with E-state index in [2.05, 4.69) is 77.9 Å². The van der Waals surface area contributed by atoms with Gasteiger partial charge in [0.2, 0.25) is 0 Å². The fourth-order valence-electron chi connectivity index (χ4n) is 4.22. The first-order chi connectivity index (χ1) is 13.3. The number of nitrogens with zero attached hydrogens (tertiary/aromatic N) is 1. The van der Waals surface area contributed by atoms with Gasteiger partial charge >= 0.3 is 0 Å². The lowest BCUT2D eigenvalue weighted by Gasteiger charge is -2.34. The van der Waals surface area contributed by atoms with Crippen molar-refractivity contribution < 1.29 is 0 Å². The van der Waals surface area contributed by atoms with E-state index < -0.39 is 0 Å². The minimum absolute atomic E-state index is 0.587. The van der Waals surface area contributed by atoms with Gasteiger partial charge in [0, 0.05) is 23.2 Å². The predicted octanol–water partition coefficient (Wildman–Crippen LogP) is 5.71. The van der Waals surface area contributed by atoms with Crippen LogP contribution in [0.25, 0.3) is 31.3 Å². The van der Waals surface area contributed by atoms with Crippen LogP contribution in [0.2, 0.25) is 0 Å². The molecule has 5 rings (SSSR count). The quantitative estimate of drug-likeness (QED) is 0.496. The van der Waals surface area contributed by atoms with Crippen LogP contribution in [0.4, 0.5) is 5.69 Å². The second-order valence-electron chi connectivity index (χ2n) is 7.36. The van der Waals surface area contributed by atoms with Gasteiger partial charge in [0.05, 0.1) is 10.6 Å². The average molecular weight is 372 g/mol. The van der Waals surface area contributed by atoms with Crippen molar-refractivity contribution in [1.82, 2.24) is 5.32 Å². The molecule has 0 saturated carbocycles. The summed E-state index contributed by atoms with van der Waals surface area (Å²) in [6.45, 7) is 2.21. The number of piperidine rings is 1. The lowest BCUT2D eigenvalue weighted by Crippen LogP contribution is -2.41. The summed E-state index contributed by atoms with van der Waals surface area (Å²) in [5.74, 6) is 0. The molecule has 0 atom stereocenters. The van der Waals surface area contributed by atoms with Crippen molar-refractivity contribution in [2.75, 3.05) is 25.0 Å². The van der Waals surface area contributed by atoms with Crippen molar-refractivity contribution >= 4 is 37.9 Å². The van der Waals surface area contributed by atoms with Crippen molar-refractivity contribution in [2.45, 2.75) is 18.9 Å². The Kier molecular flexibility index (Phi) is 4.35. The van der Waals surface area contributed by atoms with Crippen LogP contribution in [-0.4, -0.2) is 26.2 Å². The van der Waals surface area contributed by atoms with Gasteiger partial charge in [0.25, 0.3) is 0 Å². The molecule has 1 aliphatic rings. The molecule has 3 aromatic carbocycles. The zero-order chi connectivity index (χ0) is 18.2. The van der Waals surface area contributed by atoms with Gasteiger partial charge in [-0.2, -0.15) is 0 Å². The SMILES string of the molecule is CN(c1c(-c2ccc3ccccc3c2)sc2cc[c]cc12)C1CCNCC1. The second kappa shape index (κ2) is 6.99. The average Bonchev–Trinajstić information content (AvgIpc) is 3.13. The molecule has 1 N–H and O–H groups in total. The van der Waals surface area contributed by atoms with E-state index in [0.717, 1.165) is 13.1 Å². The molecule has 4 aromatic rings. The fraction of sp³-hybridized carbons (Fsp3) is 0.250. The summed E-state index contributed by atoms with van der Waals surface area (Å²) in [5, 5.41) is 7.41. The highest BCUT2D eigenvalue weighted by atomic mass is 32.1. The molecule has 1 aliphatic heterocycles. The molecule has 1 fully saturated rings. The van der Waals surface area contributed by atoms with E-state index >= 15 is 0 Å². The van der Waals surface area contributed by atoms with Crippen LogP contribution in [0.5, 0.6) is 0 Å². The van der Waals surface area contributed by atoms with Crippen molar-refractivity contribution in [3.8, 4) is 10.4 Å². The number of fused-ring (bicyclic) bond motifs is 2. The van der Waals surface area contributed by atoms with Crippen LogP contribution in [0.15, 0.2) is 60.7 Å². The van der Waals surface area contributed by atoms with E-state index in [4.69, 9.17) is 0 Å². The molecule has 135 valence electrons. The summed E-state index contributed by atoms with van der Waals surface area (Å²) in [5.41, 5.74) is 2.68. The first kappa shape index (κ1) is 16.8. The summed E-state index contributed by atoms with van der Waals surface area (Å²) in [4.78, 5) is 3.90. The normalized spacial score (nSPS) is 15.4. The molecular weight excluding hydrogens is 348 g/mol. The van der Waals surface area contributed by atoms with Gasteiger partial charge in [0.15, 0.2) is 0 Å². The van der Waals surface area contributed by atoms with E-state index in [-0.39, 0.29) is 0 Å². The van der Waals surface area contributed by atoms with Gasteiger partial charge in [-0.15, -0.1) is 11.3 Å². The Hall–Kier alpha value is -2.36. The molecule has 0 amide bonds. The highest BCUT2D eigenvalue weighted by Gasteiger charge is 2.24. The maximum absolute atomic E-state index is 3.49. The van der Waals surface area contributed by atoms with Gasteiger partial charge in [-0.25, -0.2) is 0 Å². The van der Waals surface area contributed by atoms with Crippen molar-refractivity contribution in [3.05, 3.63) is 66.7 Å². The van der Waals surface area contributed by atoms with Crippen molar-refractivity contribution in [2.24, 2.45) is 0 Å². The first-order valence-corrected chi connectivity index (χ1v) is 10.5. The van der Waals surface area contributed by atoms with Gasteiger partial charge in [-0.1, -0.05) is 42.5 Å². The monoisotopic (exact) mass is 371 g/mol. The predicted molar refractivity (Wildman–Crippen MR) is 118 cm³/mol. The summed E-state index contributed by atoms with van der Waals surface area (Å²) in [6, 6.07) is 25.7. The van der Waals surface area contributed by atoms with Crippen LogP contribution in [-0.2, 0) is 0 Å². The number of hydrogen-bond donors (Lipinski definition) is 1. The third kappa shape index (κ3) is 3.01. The number of hydrogen-bond acceptors (Lipinski definition) is 3. The minimum Gasteiger partial charge on any atom is -0.370 e. The molecule has 1 saturated heterocycles. The molecule has 0 spiro atoms. The maximum atomic E-state index is 3.49. The van der Waals surface area contributed by atoms with E-state index in [1.807, 2.05) is 17.4 Å². The number of rotatable bonds is 3. The van der Waals surface area contributed by atoms with E-state index in [1.165, 1.54) is 49.8 Å². The van der Waals surface area contributed by atoms with Crippen LogP contribution >= 0.6 is 11.3 Å². The molecule has 0 unspecified atom stereocenters. The fourth-order valence-corrected chi connectivity index (χ4v) is 5.44. The standard InChI is InChI=1S/C24H23N2S/c1-26(20-12-14-25-15-13-20)23-21-8-4-5-9-22(21)27-24(23)19-11-10-17-6-2-3-7-18(17)16-19/h2-3,5-11,16,20,25H,12-15H2,1H3. The molecule has 3 heteroatoms. The third-order valence-electron chi connectivity index (χ3n) is 5.73. The van der Waals surface area contributed by atoms with Gasteiger partial charge in [-0.3, -0.25) is 0 Å². The molecule has 0 aliphatic carbocycles. The van der Waals surface area contributed by atoms with E-state index in [9.17, 15) is 0 Å². The van der Waals surface area contributed by atoms with E-state index in [1.54, 1.807) is 0 Å². The van der Waals surface area contributed by atoms with Crippen LogP contribution in [0, 0.1) is 6.07 Å². The highest BCUT2D eigenvalue weighted by Crippen LogP contribution is 2.45. The largest absolute Gasteiger partial charge is 0.370 e.